The first-order chi connectivity index (χ1) is 12.1. The lowest BCUT2D eigenvalue weighted by molar-refractivity contribution is 0.256. The molecule has 3 nitrogen and oxygen atoms in total. The summed E-state index contributed by atoms with van der Waals surface area (Å²) in [6, 6.07) is 14.3. The van der Waals surface area contributed by atoms with Gasteiger partial charge in [0.2, 0.25) is 6.49 Å². The number of benzene rings is 2. The molecule has 0 saturated carbocycles. The molecule has 0 aliphatic carbocycles. The second-order valence-electron chi connectivity index (χ2n) is 7.26. The Kier molecular flexibility index (Phi) is 6.85. The fourth-order valence-corrected chi connectivity index (χ4v) is 9.81. The van der Waals surface area contributed by atoms with Gasteiger partial charge in [0.25, 0.3) is 0 Å². The van der Waals surface area contributed by atoms with Crippen molar-refractivity contribution in [1.29, 1.82) is 0 Å². The summed E-state index contributed by atoms with van der Waals surface area (Å²) in [6.07, 6.45) is 0. The van der Waals surface area contributed by atoms with Gasteiger partial charge in [0.1, 0.15) is 4.49 Å². The zero-order chi connectivity index (χ0) is 19.6. The normalized spacial score (nSPS) is 16.4. The molecular formula is C20H29O3PS2. The molecule has 26 heavy (non-hydrogen) atoms. The van der Waals surface area contributed by atoms with Gasteiger partial charge in [-0.1, -0.05) is 36.4 Å². The standard InChI is InChI=1S/C20H29O3PS2/c1-7-22-24(25,23-8-2)20(6,26(21)19(3,4)5)18-14-13-16-11-9-10-12-17(16)15-18/h9-15H,7-8H2,1-6H3/t20-,26?/m1/s1. The Morgan fingerprint density at radius 3 is 2.00 bits per heavy atom. The van der Waals surface area contributed by atoms with Crippen LogP contribution in [0.3, 0.4) is 0 Å². The van der Waals surface area contributed by atoms with Crippen LogP contribution in [0.5, 0.6) is 0 Å². The van der Waals surface area contributed by atoms with E-state index in [0.717, 1.165) is 16.3 Å². The van der Waals surface area contributed by atoms with Crippen molar-refractivity contribution >= 4 is 39.9 Å². The van der Waals surface area contributed by atoms with E-state index in [2.05, 4.69) is 24.3 Å². The Labute approximate surface area is 165 Å². The van der Waals surface area contributed by atoms with E-state index >= 15 is 0 Å². The summed E-state index contributed by atoms with van der Waals surface area (Å²) in [5.41, 5.74) is 0.912. The highest BCUT2D eigenvalue weighted by molar-refractivity contribution is 8.16. The van der Waals surface area contributed by atoms with Crippen LogP contribution in [0.1, 0.15) is 47.1 Å². The maximum atomic E-state index is 13.7. The third-order valence-electron chi connectivity index (χ3n) is 4.32. The molecule has 0 heterocycles. The summed E-state index contributed by atoms with van der Waals surface area (Å²) in [7, 11) is -1.31. The molecule has 0 amide bonds. The van der Waals surface area contributed by atoms with Crippen LogP contribution >= 0.6 is 6.49 Å². The number of rotatable bonds is 7. The molecule has 0 bridgehead atoms. The summed E-state index contributed by atoms with van der Waals surface area (Å²) in [4.78, 5) is 0. The Bertz CT molecular complexity index is 834. The molecule has 2 aromatic carbocycles. The van der Waals surface area contributed by atoms with Crippen molar-refractivity contribution < 1.29 is 13.3 Å². The molecule has 0 saturated heterocycles. The second-order valence-corrected chi connectivity index (χ2v) is 14.0. The topological polar surface area (TPSA) is 35.5 Å². The molecule has 144 valence electrons. The van der Waals surface area contributed by atoms with Gasteiger partial charge in [-0.2, -0.15) is 0 Å². The molecule has 1 unspecified atom stereocenters. The molecule has 2 aromatic rings. The van der Waals surface area contributed by atoms with Crippen molar-refractivity contribution in [3.8, 4) is 0 Å². The average Bonchev–Trinajstić information content (AvgIpc) is 2.59. The molecule has 6 heteroatoms. The predicted octanol–water partition coefficient (Wildman–Crippen LogP) is 5.94. The van der Waals surface area contributed by atoms with E-state index in [1.165, 1.54) is 0 Å². The van der Waals surface area contributed by atoms with E-state index in [1.54, 1.807) is 0 Å². The minimum atomic E-state index is -2.86. The number of hydrogen-bond acceptors (Lipinski definition) is 4. The molecule has 0 fully saturated rings. The Balaban J connectivity index is 2.77. The molecule has 0 aromatic heterocycles. The molecule has 2 rings (SSSR count). The first-order valence-corrected chi connectivity index (χ1v) is 12.7. The molecule has 2 atom stereocenters. The molecule has 0 radical (unpaired) electrons. The predicted molar refractivity (Wildman–Crippen MR) is 117 cm³/mol. The van der Waals surface area contributed by atoms with Crippen molar-refractivity contribution in [2.75, 3.05) is 13.2 Å². The molecule has 0 aliphatic rings. The van der Waals surface area contributed by atoms with Gasteiger partial charge < -0.3 is 9.05 Å². The van der Waals surface area contributed by atoms with E-state index < -0.39 is 26.5 Å². The molecule has 0 spiro atoms. The lowest BCUT2D eigenvalue weighted by Crippen LogP contribution is -2.39. The van der Waals surface area contributed by atoms with Crippen molar-refractivity contribution in [3.63, 3.8) is 0 Å². The fraction of sp³-hybridized carbons (Fsp3) is 0.500. The Morgan fingerprint density at radius 1 is 0.962 bits per heavy atom. The smallest absolute Gasteiger partial charge is 0.211 e. The van der Waals surface area contributed by atoms with Gasteiger partial charge in [0.15, 0.2) is 0 Å². The zero-order valence-electron chi connectivity index (χ0n) is 16.4. The lowest BCUT2D eigenvalue weighted by atomic mass is 10.1. The van der Waals surface area contributed by atoms with E-state index in [9.17, 15) is 4.21 Å². The van der Waals surface area contributed by atoms with Gasteiger partial charge in [-0.15, -0.1) is 0 Å². The minimum Gasteiger partial charge on any atom is -0.328 e. The molecule has 0 aliphatic heterocycles. The summed E-state index contributed by atoms with van der Waals surface area (Å²) >= 11 is 5.96. The highest BCUT2D eigenvalue weighted by Crippen LogP contribution is 2.68. The van der Waals surface area contributed by atoms with Crippen LogP contribution < -0.4 is 0 Å². The van der Waals surface area contributed by atoms with E-state index in [1.807, 2.05) is 59.7 Å². The van der Waals surface area contributed by atoms with E-state index in [-0.39, 0.29) is 0 Å². The van der Waals surface area contributed by atoms with Crippen LogP contribution in [-0.4, -0.2) is 22.2 Å². The zero-order valence-corrected chi connectivity index (χ0v) is 19.0. The monoisotopic (exact) mass is 412 g/mol. The first kappa shape index (κ1) is 21.7. The molecular weight excluding hydrogens is 383 g/mol. The maximum absolute atomic E-state index is 13.7. The number of hydrogen-bond donors (Lipinski definition) is 0. The van der Waals surface area contributed by atoms with Crippen molar-refractivity contribution in [1.82, 2.24) is 0 Å². The average molecular weight is 413 g/mol. The largest absolute Gasteiger partial charge is 0.328 e. The Hall–Kier alpha value is -0.580. The first-order valence-electron chi connectivity index (χ1n) is 8.90. The quantitative estimate of drug-likeness (QED) is 0.527. The SMILES string of the molecule is CCOP(=S)(OCC)[C@@](C)(c1ccc2ccccc2c1)S(=O)C(C)(C)C. The van der Waals surface area contributed by atoms with Gasteiger partial charge in [-0.3, -0.25) is 4.21 Å². The van der Waals surface area contributed by atoms with Crippen molar-refractivity contribution in [3.05, 3.63) is 48.0 Å². The highest BCUT2D eigenvalue weighted by atomic mass is 32.5. The third-order valence-corrected chi connectivity index (χ3v) is 12.2. The van der Waals surface area contributed by atoms with Crippen LogP contribution in [-0.2, 0) is 36.1 Å². The van der Waals surface area contributed by atoms with Crippen LogP contribution in [0, 0.1) is 0 Å². The minimum absolute atomic E-state index is 0.432. The van der Waals surface area contributed by atoms with E-state index in [0.29, 0.717) is 13.2 Å². The van der Waals surface area contributed by atoms with Gasteiger partial charge in [-0.25, -0.2) is 0 Å². The molecule has 0 N–H and O–H groups in total. The maximum Gasteiger partial charge on any atom is 0.211 e. The van der Waals surface area contributed by atoms with Gasteiger partial charge in [0, 0.05) is 15.5 Å². The summed E-state index contributed by atoms with van der Waals surface area (Å²) in [5.74, 6) is 0. The van der Waals surface area contributed by atoms with Gasteiger partial charge >= 0.3 is 0 Å². The van der Waals surface area contributed by atoms with Crippen LogP contribution in [0.15, 0.2) is 42.5 Å². The highest BCUT2D eigenvalue weighted by Gasteiger charge is 2.52. The van der Waals surface area contributed by atoms with Crippen LogP contribution in [0.25, 0.3) is 10.8 Å². The van der Waals surface area contributed by atoms with Gasteiger partial charge in [0.05, 0.1) is 13.2 Å². The van der Waals surface area contributed by atoms with Crippen molar-refractivity contribution in [2.24, 2.45) is 0 Å². The lowest BCUT2D eigenvalue weighted by Gasteiger charge is -2.42. The summed E-state index contributed by atoms with van der Waals surface area (Å²) in [5, 5.41) is 2.23. The Morgan fingerprint density at radius 2 is 1.50 bits per heavy atom. The fourth-order valence-electron chi connectivity index (χ4n) is 3.06. The van der Waals surface area contributed by atoms with E-state index in [4.69, 9.17) is 20.9 Å². The van der Waals surface area contributed by atoms with Crippen LogP contribution in [0.2, 0.25) is 0 Å². The van der Waals surface area contributed by atoms with Crippen molar-refractivity contribution in [2.45, 2.75) is 50.8 Å². The van der Waals surface area contributed by atoms with Gasteiger partial charge in [-0.05, 0) is 75.8 Å². The second kappa shape index (κ2) is 8.20. The number of fused-ring (bicyclic) bond motifs is 1. The third kappa shape index (κ3) is 3.98. The van der Waals surface area contributed by atoms with Crippen LogP contribution in [0.4, 0.5) is 0 Å². The summed E-state index contributed by atoms with van der Waals surface area (Å²) < 4.78 is 24.4. The summed E-state index contributed by atoms with van der Waals surface area (Å²) in [6.45, 7) is 9.68.